The second-order valence-electron chi connectivity index (χ2n) is 5.49. The highest BCUT2D eigenvalue weighted by Gasteiger charge is 2.21. The topological polar surface area (TPSA) is 70.4 Å². The summed E-state index contributed by atoms with van der Waals surface area (Å²) in [5.74, 6) is -0.638. The molecular formula is C17H17FN2O4S. The second-order valence-corrected chi connectivity index (χ2v) is 7.26. The summed E-state index contributed by atoms with van der Waals surface area (Å²) >= 11 is 0. The number of ether oxygens (including phenoxy) is 2. The van der Waals surface area contributed by atoms with Crippen molar-refractivity contribution in [3.8, 4) is 5.75 Å². The fourth-order valence-electron chi connectivity index (χ4n) is 2.35. The van der Waals surface area contributed by atoms with Crippen LogP contribution in [0.3, 0.4) is 0 Å². The lowest BCUT2D eigenvalue weighted by molar-refractivity contribution is 0.144. The molecule has 6 nitrogen and oxygen atoms in total. The minimum atomic E-state index is -3.89. The Balaban J connectivity index is 2.07. The Morgan fingerprint density at radius 3 is 2.56 bits per heavy atom. The highest BCUT2D eigenvalue weighted by molar-refractivity contribution is 7.90. The first kappa shape index (κ1) is 17.4. The minimum Gasteiger partial charge on any atom is -0.488 e. The Kier molecular flexibility index (Phi) is 4.73. The number of benzene rings is 2. The summed E-state index contributed by atoms with van der Waals surface area (Å²) in [4.78, 5) is 0.106. The number of halogens is 1. The summed E-state index contributed by atoms with van der Waals surface area (Å²) in [5, 5.41) is 4.29. The van der Waals surface area contributed by atoms with Crippen molar-refractivity contribution < 1.29 is 22.3 Å². The van der Waals surface area contributed by atoms with E-state index < -0.39 is 15.8 Å². The van der Waals surface area contributed by atoms with Crippen LogP contribution in [0.25, 0.3) is 10.9 Å². The lowest BCUT2D eigenvalue weighted by atomic mass is 10.2. The van der Waals surface area contributed by atoms with Crippen molar-refractivity contribution in [3.63, 3.8) is 0 Å². The van der Waals surface area contributed by atoms with Crippen LogP contribution in [-0.4, -0.2) is 37.9 Å². The number of methoxy groups -OCH3 is 1. The number of hydrogen-bond acceptors (Lipinski definition) is 5. The van der Waals surface area contributed by atoms with Crippen LogP contribution in [0.5, 0.6) is 5.75 Å². The van der Waals surface area contributed by atoms with Gasteiger partial charge in [0.25, 0.3) is 10.0 Å². The third kappa shape index (κ3) is 3.35. The van der Waals surface area contributed by atoms with E-state index in [4.69, 9.17) is 9.47 Å². The molecule has 3 aromatic rings. The van der Waals surface area contributed by atoms with Gasteiger partial charge in [0, 0.05) is 18.6 Å². The molecule has 0 aliphatic carbocycles. The van der Waals surface area contributed by atoms with E-state index in [1.807, 2.05) is 6.92 Å². The second kappa shape index (κ2) is 6.81. The van der Waals surface area contributed by atoms with Crippen LogP contribution in [0.2, 0.25) is 0 Å². The van der Waals surface area contributed by atoms with Gasteiger partial charge < -0.3 is 9.47 Å². The molecule has 0 saturated carbocycles. The summed E-state index contributed by atoms with van der Waals surface area (Å²) in [6.45, 7) is 2.31. The number of rotatable bonds is 6. The summed E-state index contributed by atoms with van der Waals surface area (Å²) in [7, 11) is -2.38. The maximum atomic E-state index is 14.1. The fourth-order valence-corrected chi connectivity index (χ4v) is 3.62. The van der Waals surface area contributed by atoms with Crippen LogP contribution < -0.4 is 4.74 Å². The van der Waals surface area contributed by atoms with E-state index >= 15 is 0 Å². The molecule has 1 heterocycles. The lowest BCUT2D eigenvalue weighted by Crippen LogP contribution is -2.14. The maximum Gasteiger partial charge on any atom is 0.283 e. The summed E-state index contributed by atoms with van der Waals surface area (Å²) in [5.41, 5.74) is 1.19. The van der Waals surface area contributed by atoms with E-state index in [1.165, 1.54) is 37.6 Å². The maximum absolute atomic E-state index is 14.1. The first-order chi connectivity index (χ1) is 11.9. The third-order valence-corrected chi connectivity index (χ3v) is 5.29. The first-order valence-electron chi connectivity index (χ1n) is 7.55. The predicted molar refractivity (Wildman–Crippen MR) is 90.8 cm³/mol. The van der Waals surface area contributed by atoms with Crippen LogP contribution in [0.4, 0.5) is 4.39 Å². The molecule has 8 heteroatoms. The fraction of sp³-hybridized carbons (Fsp3) is 0.235. The van der Waals surface area contributed by atoms with Crippen LogP contribution in [0.15, 0.2) is 47.5 Å². The molecule has 0 fully saturated rings. The molecule has 0 aliphatic heterocycles. The summed E-state index contributed by atoms with van der Waals surface area (Å²) in [6.07, 6.45) is 1.31. The van der Waals surface area contributed by atoms with Gasteiger partial charge in [-0.25, -0.2) is 4.39 Å². The van der Waals surface area contributed by atoms with E-state index in [2.05, 4.69) is 5.10 Å². The summed E-state index contributed by atoms with van der Waals surface area (Å²) < 4.78 is 50.8. The van der Waals surface area contributed by atoms with Crippen molar-refractivity contribution in [2.24, 2.45) is 0 Å². The van der Waals surface area contributed by atoms with E-state index in [0.29, 0.717) is 12.0 Å². The Morgan fingerprint density at radius 1 is 1.16 bits per heavy atom. The number of fused-ring (bicyclic) bond motifs is 1. The zero-order chi connectivity index (χ0) is 18.0. The molecule has 0 bridgehead atoms. The van der Waals surface area contributed by atoms with Gasteiger partial charge in [-0.15, -0.1) is 0 Å². The van der Waals surface area contributed by atoms with Crippen LogP contribution >= 0.6 is 0 Å². The molecule has 0 spiro atoms. The quantitative estimate of drug-likeness (QED) is 0.629. The Morgan fingerprint density at radius 2 is 1.88 bits per heavy atom. The van der Waals surface area contributed by atoms with Gasteiger partial charge in [0.05, 0.1) is 23.2 Å². The third-order valence-electron chi connectivity index (χ3n) is 3.68. The molecule has 0 saturated heterocycles. The first-order valence-corrected chi connectivity index (χ1v) is 8.99. The molecule has 25 heavy (non-hydrogen) atoms. The highest BCUT2D eigenvalue weighted by atomic mass is 32.2. The standard InChI is InChI=1S/C17H17FN2O4S/c1-12-3-5-14(6-4-12)25(21,22)20-16-10-17(24-8-7-23-2)15(18)9-13(16)11-19-20/h3-6,9-11H,7-8H2,1-2H3. The van der Waals surface area contributed by atoms with Gasteiger partial charge in [0.1, 0.15) is 6.61 Å². The monoisotopic (exact) mass is 364 g/mol. The molecule has 0 amide bonds. The molecule has 3 rings (SSSR count). The van der Waals surface area contributed by atoms with Crippen LogP contribution in [0, 0.1) is 12.7 Å². The van der Waals surface area contributed by atoms with Crippen molar-refractivity contribution in [3.05, 3.63) is 54.0 Å². The molecule has 0 radical (unpaired) electrons. The van der Waals surface area contributed by atoms with Gasteiger partial charge in [-0.2, -0.15) is 17.6 Å². The van der Waals surface area contributed by atoms with Gasteiger partial charge >= 0.3 is 0 Å². The Labute approximate surface area is 144 Å². The van der Waals surface area contributed by atoms with Crippen molar-refractivity contribution in [1.29, 1.82) is 0 Å². The van der Waals surface area contributed by atoms with E-state index in [1.54, 1.807) is 12.1 Å². The molecule has 0 N–H and O–H groups in total. The summed E-state index contributed by atoms with van der Waals surface area (Å²) in [6, 6.07) is 8.97. The Bertz CT molecular complexity index is 997. The molecule has 2 aromatic carbocycles. The van der Waals surface area contributed by atoms with E-state index in [-0.39, 0.29) is 22.8 Å². The highest BCUT2D eigenvalue weighted by Crippen LogP contribution is 2.27. The van der Waals surface area contributed by atoms with E-state index in [0.717, 1.165) is 9.65 Å². The number of aryl methyl sites for hydroxylation is 1. The normalized spacial score (nSPS) is 11.8. The number of aromatic nitrogens is 2. The van der Waals surface area contributed by atoms with Crippen molar-refractivity contribution >= 4 is 20.9 Å². The molecule has 0 unspecified atom stereocenters. The molecule has 1 aromatic heterocycles. The van der Waals surface area contributed by atoms with Gasteiger partial charge in [-0.3, -0.25) is 0 Å². The molecular weight excluding hydrogens is 347 g/mol. The lowest BCUT2D eigenvalue weighted by Gasteiger charge is -2.09. The van der Waals surface area contributed by atoms with Gasteiger partial charge in [-0.1, -0.05) is 17.7 Å². The van der Waals surface area contributed by atoms with Gasteiger partial charge in [0.2, 0.25) is 0 Å². The van der Waals surface area contributed by atoms with Gasteiger partial charge in [-0.05, 0) is 25.1 Å². The number of hydrogen-bond donors (Lipinski definition) is 0. The van der Waals surface area contributed by atoms with Crippen LogP contribution in [0.1, 0.15) is 5.56 Å². The zero-order valence-corrected chi connectivity index (χ0v) is 14.6. The minimum absolute atomic E-state index is 0.0505. The Hall–Kier alpha value is -2.45. The van der Waals surface area contributed by atoms with Crippen molar-refractivity contribution in [2.45, 2.75) is 11.8 Å². The van der Waals surface area contributed by atoms with Gasteiger partial charge in [0.15, 0.2) is 11.6 Å². The molecule has 132 valence electrons. The average Bonchev–Trinajstić information content (AvgIpc) is 2.99. The van der Waals surface area contributed by atoms with E-state index in [9.17, 15) is 12.8 Å². The molecule has 0 atom stereocenters. The van der Waals surface area contributed by atoms with Crippen molar-refractivity contribution in [1.82, 2.24) is 9.19 Å². The van der Waals surface area contributed by atoms with Crippen LogP contribution in [-0.2, 0) is 14.8 Å². The SMILES string of the molecule is COCCOc1cc2c(cnn2S(=O)(=O)c2ccc(C)cc2)cc1F. The average molecular weight is 364 g/mol. The number of nitrogens with zero attached hydrogens (tertiary/aromatic N) is 2. The largest absolute Gasteiger partial charge is 0.488 e. The predicted octanol–water partition coefficient (Wildman–Crippen LogP) is 2.75. The molecule has 0 aliphatic rings. The smallest absolute Gasteiger partial charge is 0.283 e. The zero-order valence-electron chi connectivity index (χ0n) is 13.8. The van der Waals surface area contributed by atoms with Crippen molar-refractivity contribution in [2.75, 3.05) is 20.3 Å².